The number of halogens is 2. The molecular formula is C13H9ClFN3O4. The lowest BCUT2D eigenvalue weighted by Crippen LogP contribution is -2.30. The third-order valence-electron chi connectivity index (χ3n) is 2.66. The van der Waals surface area contributed by atoms with Gasteiger partial charge in [-0.1, -0.05) is 11.6 Å². The van der Waals surface area contributed by atoms with Crippen LogP contribution >= 0.6 is 11.6 Å². The Kier molecular flexibility index (Phi) is 4.54. The van der Waals surface area contributed by atoms with Gasteiger partial charge in [0.15, 0.2) is 0 Å². The largest absolute Gasteiger partial charge is 0.456 e. The second-order valence-corrected chi connectivity index (χ2v) is 4.49. The maximum absolute atomic E-state index is 13.0. The van der Waals surface area contributed by atoms with Gasteiger partial charge >= 0.3 is 0 Å². The molecule has 0 fully saturated rings. The molecule has 2 rings (SSSR count). The number of carbonyl (C=O) groups is 1. The summed E-state index contributed by atoms with van der Waals surface area (Å²) in [6.07, 6.45) is 0. The molecule has 9 heteroatoms. The molecule has 0 unspecified atom stereocenters. The van der Waals surface area contributed by atoms with Crippen LogP contribution < -0.4 is 16.0 Å². The minimum atomic E-state index is -0.845. The van der Waals surface area contributed by atoms with Crippen molar-refractivity contribution in [3.05, 3.63) is 62.9 Å². The van der Waals surface area contributed by atoms with E-state index in [0.29, 0.717) is 0 Å². The van der Waals surface area contributed by atoms with Crippen molar-refractivity contribution in [2.75, 3.05) is 0 Å². The molecule has 0 radical (unpaired) electrons. The van der Waals surface area contributed by atoms with E-state index in [9.17, 15) is 19.3 Å². The molecule has 0 atom stereocenters. The topological polar surface area (TPSA) is 107 Å². The fourth-order valence-corrected chi connectivity index (χ4v) is 1.89. The lowest BCUT2D eigenvalue weighted by atomic mass is 10.1. The SMILES string of the molecule is NNC(=O)c1cc(Oc2ccc(F)cc2Cl)ccc1[N+](=O)[O-]. The zero-order chi connectivity index (χ0) is 16.3. The number of nitrogens with two attached hydrogens (primary N) is 1. The van der Waals surface area contributed by atoms with Crippen LogP contribution in [-0.2, 0) is 0 Å². The van der Waals surface area contributed by atoms with E-state index in [-0.39, 0.29) is 22.1 Å². The molecule has 0 saturated heterocycles. The van der Waals surface area contributed by atoms with Crippen molar-refractivity contribution in [1.82, 2.24) is 5.43 Å². The molecule has 0 aliphatic rings. The number of hydrogen-bond acceptors (Lipinski definition) is 5. The molecule has 0 spiro atoms. The number of nitro benzene ring substituents is 1. The molecule has 0 bridgehead atoms. The van der Waals surface area contributed by atoms with Gasteiger partial charge < -0.3 is 4.74 Å². The summed E-state index contributed by atoms with van der Waals surface area (Å²) in [5.41, 5.74) is 1.11. The van der Waals surface area contributed by atoms with E-state index in [1.165, 1.54) is 12.1 Å². The smallest absolute Gasteiger partial charge is 0.282 e. The van der Waals surface area contributed by atoms with Crippen LogP contribution in [0.1, 0.15) is 10.4 Å². The number of nitrogens with one attached hydrogen (secondary N) is 1. The number of nitro groups is 1. The molecule has 3 N–H and O–H groups in total. The standard InChI is InChI=1S/C13H9ClFN3O4/c14-10-5-7(15)1-4-12(10)22-8-2-3-11(18(20)21)9(6-8)13(19)17-16/h1-6H,16H2,(H,17,19). The van der Waals surface area contributed by atoms with Gasteiger partial charge in [0.1, 0.15) is 22.9 Å². The third kappa shape index (κ3) is 3.30. The van der Waals surface area contributed by atoms with E-state index in [1.807, 2.05) is 5.43 Å². The number of carbonyl (C=O) groups excluding carboxylic acids is 1. The first-order valence-corrected chi connectivity index (χ1v) is 6.22. The van der Waals surface area contributed by atoms with Gasteiger partial charge in [-0.05, 0) is 24.3 Å². The third-order valence-corrected chi connectivity index (χ3v) is 2.96. The maximum atomic E-state index is 13.0. The monoisotopic (exact) mass is 325 g/mol. The molecule has 0 aliphatic carbocycles. The summed E-state index contributed by atoms with van der Waals surface area (Å²) >= 11 is 5.82. The highest BCUT2D eigenvalue weighted by molar-refractivity contribution is 6.32. The first-order chi connectivity index (χ1) is 10.4. The van der Waals surface area contributed by atoms with Gasteiger partial charge in [-0.3, -0.25) is 20.3 Å². The van der Waals surface area contributed by atoms with E-state index in [0.717, 1.165) is 24.3 Å². The molecule has 7 nitrogen and oxygen atoms in total. The number of nitrogens with zero attached hydrogens (tertiary/aromatic N) is 1. The Balaban J connectivity index is 2.40. The van der Waals surface area contributed by atoms with Crippen molar-refractivity contribution in [1.29, 1.82) is 0 Å². The summed E-state index contributed by atoms with van der Waals surface area (Å²) in [6.45, 7) is 0. The Labute approximate surface area is 128 Å². The minimum absolute atomic E-state index is 0.0168. The normalized spacial score (nSPS) is 10.1. The van der Waals surface area contributed by atoms with Crippen molar-refractivity contribution in [2.24, 2.45) is 5.84 Å². The maximum Gasteiger partial charge on any atom is 0.282 e. The van der Waals surface area contributed by atoms with Crippen molar-refractivity contribution in [3.63, 3.8) is 0 Å². The minimum Gasteiger partial charge on any atom is -0.456 e. The molecular weight excluding hydrogens is 317 g/mol. The summed E-state index contributed by atoms with van der Waals surface area (Å²) < 4.78 is 18.4. The summed E-state index contributed by atoms with van der Waals surface area (Å²) in [4.78, 5) is 21.7. The number of amides is 1. The van der Waals surface area contributed by atoms with E-state index in [1.54, 1.807) is 0 Å². The summed E-state index contributed by atoms with van der Waals surface area (Å²) in [7, 11) is 0. The molecule has 0 saturated carbocycles. The highest BCUT2D eigenvalue weighted by Crippen LogP contribution is 2.32. The number of rotatable bonds is 4. The number of benzene rings is 2. The average molecular weight is 326 g/mol. The highest BCUT2D eigenvalue weighted by Gasteiger charge is 2.21. The van der Waals surface area contributed by atoms with Crippen LogP contribution in [0.5, 0.6) is 11.5 Å². The van der Waals surface area contributed by atoms with Crippen LogP contribution in [0.3, 0.4) is 0 Å². The Bertz CT molecular complexity index is 754. The Hall–Kier alpha value is -2.71. The van der Waals surface area contributed by atoms with Crippen molar-refractivity contribution >= 4 is 23.2 Å². The average Bonchev–Trinajstić information content (AvgIpc) is 2.49. The van der Waals surface area contributed by atoms with E-state index < -0.39 is 22.3 Å². The van der Waals surface area contributed by atoms with Gasteiger partial charge in [0, 0.05) is 12.1 Å². The summed E-state index contributed by atoms with van der Waals surface area (Å²) in [5, 5.41) is 10.9. The Morgan fingerprint density at radius 3 is 2.64 bits per heavy atom. The van der Waals surface area contributed by atoms with Gasteiger partial charge in [-0.25, -0.2) is 10.2 Å². The Morgan fingerprint density at radius 1 is 1.32 bits per heavy atom. The molecule has 22 heavy (non-hydrogen) atoms. The number of hydrazine groups is 1. The van der Waals surface area contributed by atoms with Crippen LogP contribution in [-0.4, -0.2) is 10.8 Å². The van der Waals surface area contributed by atoms with Crippen LogP contribution in [0.15, 0.2) is 36.4 Å². The molecule has 2 aromatic rings. The first-order valence-electron chi connectivity index (χ1n) is 5.84. The fourth-order valence-electron chi connectivity index (χ4n) is 1.68. The summed E-state index contributed by atoms with van der Waals surface area (Å²) in [5.74, 6) is 3.85. The van der Waals surface area contributed by atoms with Crippen LogP contribution in [0.25, 0.3) is 0 Å². The van der Waals surface area contributed by atoms with Gasteiger partial charge in [0.2, 0.25) is 0 Å². The fraction of sp³-hybridized carbons (Fsp3) is 0. The lowest BCUT2D eigenvalue weighted by molar-refractivity contribution is -0.385. The molecule has 0 aliphatic heterocycles. The molecule has 1 amide bonds. The van der Waals surface area contributed by atoms with Crippen molar-refractivity contribution in [3.8, 4) is 11.5 Å². The second kappa shape index (κ2) is 6.37. The van der Waals surface area contributed by atoms with E-state index in [2.05, 4.69) is 0 Å². The zero-order valence-corrected chi connectivity index (χ0v) is 11.6. The van der Waals surface area contributed by atoms with Gasteiger partial charge in [0.25, 0.3) is 11.6 Å². The predicted octanol–water partition coefficient (Wildman–Crippen LogP) is 2.78. The quantitative estimate of drug-likeness (QED) is 0.389. The van der Waals surface area contributed by atoms with Crippen LogP contribution in [0.2, 0.25) is 5.02 Å². The number of ether oxygens (including phenoxy) is 1. The van der Waals surface area contributed by atoms with Gasteiger partial charge in [-0.2, -0.15) is 0 Å². The molecule has 0 heterocycles. The zero-order valence-electron chi connectivity index (χ0n) is 10.9. The van der Waals surface area contributed by atoms with Gasteiger partial charge in [0.05, 0.1) is 9.95 Å². The van der Waals surface area contributed by atoms with Crippen molar-refractivity contribution < 1.29 is 18.8 Å². The molecule has 0 aromatic heterocycles. The second-order valence-electron chi connectivity index (χ2n) is 4.09. The summed E-state index contributed by atoms with van der Waals surface area (Å²) in [6, 6.07) is 7.00. The van der Waals surface area contributed by atoms with E-state index >= 15 is 0 Å². The number of hydrogen-bond donors (Lipinski definition) is 2. The molecule has 2 aromatic carbocycles. The highest BCUT2D eigenvalue weighted by atomic mass is 35.5. The van der Waals surface area contributed by atoms with Crippen LogP contribution in [0.4, 0.5) is 10.1 Å². The first kappa shape index (κ1) is 15.7. The van der Waals surface area contributed by atoms with Gasteiger partial charge in [-0.15, -0.1) is 0 Å². The van der Waals surface area contributed by atoms with Crippen molar-refractivity contribution in [2.45, 2.75) is 0 Å². The van der Waals surface area contributed by atoms with E-state index in [4.69, 9.17) is 22.2 Å². The predicted molar refractivity (Wildman–Crippen MR) is 76.2 cm³/mol. The molecule has 114 valence electrons. The number of nitrogen functional groups attached to an aromatic ring is 1. The lowest BCUT2D eigenvalue weighted by Gasteiger charge is -2.09. The van der Waals surface area contributed by atoms with Crippen LogP contribution in [0, 0.1) is 15.9 Å². The Morgan fingerprint density at radius 2 is 2.05 bits per heavy atom.